The van der Waals surface area contributed by atoms with Gasteiger partial charge in [0.25, 0.3) is 0 Å². The summed E-state index contributed by atoms with van der Waals surface area (Å²) in [6.45, 7) is 12.6. The van der Waals surface area contributed by atoms with Gasteiger partial charge in [0.05, 0.1) is 19.8 Å². The predicted octanol–water partition coefficient (Wildman–Crippen LogP) is 5.33. The fraction of sp³-hybridized carbons (Fsp3) is 1.00. The second-order valence-corrected chi connectivity index (χ2v) is 29.8. The van der Waals surface area contributed by atoms with Gasteiger partial charge >= 0.3 is 7.87 Å². The predicted molar refractivity (Wildman–Crippen MR) is 187 cm³/mol. The Morgan fingerprint density at radius 2 is 0.925 bits per heavy atom. The van der Waals surface area contributed by atoms with Crippen molar-refractivity contribution < 1.29 is 9.84 Å². The van der Waals surface area contributed by atoms with Crippen molar-refractivity contribution in [3.05, 3.63) is 0 Å². The van der Waals surface area contributed by atoms with E-state index in [1.54, 1.807) is 0 Å². The lowest BCUT2D eigenvalue weighted by molar-refractivity contribution is 0.0869. The van der Waals surface area contributed by atoms with Gasteiger partial charge in [-0.1, -0.05) is 4.52 Å². The Morgan fingerprint density at radius 1 is 0.550 bits per heavy atom. The van der Waals surface area contributed by atoms with Gasteiger partial charge in [-0.2, -0.15) is 0 Å². The highest BCUT2D eigenvalue weighted by Gasteiger charge is 2.52. The molecule has 0 bridgehead atoms. The number of ether oxygens (including phenoxy) is 1. The van der Waals surface area contributed by atoms with Crippen LogP contribution in [0.5, 0.6) is 0 Å². The fourth-order valence-corrected chi connectivity index (χ4v) is 22.5. The molecule has 0 aliphatic carbocycles. The standard InChI is InChI=1S/C22H63N11O2P5/c1-27(2)37(17,28(3)4)24-39(23-36(14,15)16,25-38(18,29(5)6)30(7)8)26-40(31(9)10,32(11)12)33(13)19-21-35-22-20-34/h34H,19-22H2,1-18H3/q+1. The van der Waals surface area contributed by atoms with Gasteiger partial charge in [-0.25, -0.2) is 14.0 Å². The second-order valence-electron chi connectivity index (χ2n) is 11.9. The molecule has 0 aliphatic heterocycles. The molecular formula is C22H63N11O2P5+. The third-order valence-corrected chi connectivity index (χ3v) is 25.5. The minimum Gasteiger partial charge on any atom is -0.394 e. The van der Waals surface area contributed by atoms with E-state index < -0.39 is 37.1 Å². The molecule has 1 N–H and O–H groups in total. The maximum absolute atomic E-state index is 9.22. The Hall–Kier alpha value is 0.990. The zero-order valence-corrected chi connectivity index (χ0v) is 33.3. The van der Waals surface area contributed by atoms with Crippen molar-refractivity contribution in [3.8, 4) is 0 Å². The Kier molecular flexibility index (Phi) is 16.7. The van der Waals surface area contributed by atoms with E-state index in [1.165, 1.54) is 0 Å². The first-order valence-electron chi connectivity index (χ1n) is 13.3. The van der Waals surface area contributed by atoms with Gasteiger partial charge in [-0.05, 0) is 125 Å². The Bertz CT molecular complexity index is 940. The lowest BCUT2D eigenvalue weighted by Gasteiger charge is -2.42. The molecule has 0 atom stereocenters. The van der Waals surface area contributed by atoms with Crippen LogP contribution in [0, 0.1) is 0 Å². The largest absolute Gasteiger partial charge is 0.496 e. The average molecular weight is 669 g/mol. The van der Waals surface area contributed by atoms with E-state index in [2.05, 4.69) is 158 Å². The zero-order chi connectivity index (χ0) is 31.9. The zero-order valence-electron chi connectivity index (χ0n) is 28.8. The number of hydrogen-bond donors (Lipinski definition) is 1. The van der Waals surface area contributed by atoms with Gasteiger partial charge in [0.2, 0.25) is 7.51 Å². The summed E-state index contributed by atoms with van der Waals surface area (Å²) < 4.78 is 44.4. The molecule has 0 aromatic rings. The third kappa shape index (κ3) is 10.6. The van der Waals surface area contributed by atoms with Gasteiger partial charge < -0.3 is 9.84 Å². The molecule has 40 heavy (non-hydrogen) atoms. The molecule has 0 unspecified atom stereocenters. The summed E-state index contributed by atoms with van der Waals surface area (Å²) >= 11 is 0. The maximum Gasteiger partial charge on any atom is 0.496 e. The summed E-state index contributed by atoms with van der Waals surface area (Å²) in [5.74, 6) is 0. The van der Waals surface area contributed by atoms with Crippen molar-refractivity contribution >= 4 is 37.1 Å². The smallest absolute Gasteiger partial charge is 0.394 e. The minimum atomic E-state index is -3.08. The van der Waals surface area contributed by atoms with Crippen molar-refractivity contribution in [3.63, 3.8) is 0 Å². The van der Waals surface area contributed by atoms with Crippen LogP contribution < -0.4 is 0 Å². The molecule has 0 aromatic carbocycles. The average Bonchev–Trinajstić information content (AvgIpc) is 2.77. The number of aliphatic hydroxyl groups is 1. The molecule has 242 valence electrons. The number of likely N-dealkylation sites (N-methyl/N-ethyl adjacent to an activating group) is 1. The number of nitrogens with zero attached hydrogens (tertiary/aromatic N) is 11. The maximum atomic E-state index is 9.22. The van der Waals surface area contributed by atoms with E-state index in [1.807, 2.05) is 0 Å². The molecule has 0 saturated carbocycles. The first kappa shape index (κ1) is 41.0. The highest BCUT2D eigenvalue weighted by molar-refractivity contribution is 7.88. The SMILES string of the molecule is CN(C)P(C)(=N[P+](N=P(C)(C)C)(N=P(C)(N(C)C)N(C)C)N=P(N(C)C)(N(C)C)N(C)CCOCCO)N(C)C. The monoisotopic (exact) mass is 668 g/mol. The summed E-state index contributed by atoms with van der Waals surface area (Å²) in [6.07, 6.45) is 0. The Labute approximate surface area is 248 Å². The van der Waals surface area contributed by atoms with Gasteiger partial charge in [-0.3, -0.25) is 18.7 Å². The van der Waals surface area contributed by atoms with Crippen LogP contribution in [-0.2, 0) is 4.74 Å². The highest BCUT2D eigenvalue weighted by Crippen LogP contribution is 2.84. The van der Waals surface area contributed by atoms with Crippen LogP contribution in [0.15, 0.2) is 18.1 Å². The lowest BCUT2D eigenvalue weighted by atomic mass is 10.7. The van der Waals surface area contributed by atoms with Gasteiger partial charge in [0.1, 0.15) is 14.7 Å². The van der Waals surface area contributed by atoms with Gasteiger partial charge in [-0.15, -0.1) is 0 Å². The first-order chi connectivity index (χ1) is 18.0. The van der Waals surface area contributed by atoms with Crippen molar-refractivity contribution in [2.75, 3.05) is 151 Å². The van der Waals surface area contributed by atoms with Gasteiger partial charge in [0, 0.05) is 26.9 Å². The molecule has 13 nitrogen and oxygen atoms in total. The fourth-order valence-electron chi connectivity index (χ4n) is 3.81. The van der Waals surface area contributed by atoms with Crippen LogP contribution >= 0.6 is 37.1 Å². The Balaban J connectivity index is 8.57. The molecule has 0 spiro atoms. The summed E-state index contributed by atoms with van der Waals surface area (Å²) in [5, 5.41) is 9.22. The quantitative estimate of drug-likeness (QED) is 0.173. The van der Waals surface area contributed by atoms with Crippen LogP contribution in [0.2, 0.25) is 0 Å². The molecule has 0 amide bonds. The molecule has 0 fully saturated rings. The van der Waals surface area contributed by atoms with E-state index in [4.69, 9.17) is 22.8 Å². The summed E-state index contributed by atoms with van der Waals surface area (Å²) in [5.41, 5.74) is 0. The number of hydrogen-bond acceptors (Lipinski definition) is 6. The van der Waals surface area contributed by atoms with Crippen LogP contribution in [0.25, 0.3) is 0 Å². The topological polar surface area (TPSA) is 102 Å². The van der Waals surface area contributed by atoms with E-state index in [0.29, 0.717) is 19.8 Å². The second kappa shape index (κ2) is 16.3. The van der Waals surface area contributed by atoms with E-state index in [-0.39, 0.29) is 6.61 Å². The van der Waals surface area contributed by atoms with Crippen LogP contribution in [0.3, 0.4) is 0 Å². The normalized spacial score (nSPS) is 14.4. The van der Waals surface area contributed by atoms with Crippen LogP contribution in [-0.4, -0.2) is 189 Å². The van der Waals surface area contributed by atoms with Crippen molar-refractivity contribution in [1.29, 1.82) is 0 Å². The van der Waals surface area contributed by atoms with Crippen molar-refractivity contribution in [2.24, 2.45) is 18.1 Å². The summed E-state index contributed by atoms with van der Waals surface area (Å²) in [4.78, 5) is 0. The molecular weight excluding hydrogens is 605 g/mol. The number of rotatable bonds is 16. The van der Waals surface area contributed by atoms with Gasteiger partial charge in [0.15, 0.2) is 0 Å². The molecule has 0 heterocycles. The lowest BCUT2D eigenvalue weighted by Crippen LogP contribution is -2.34. The van der Waals surface area contributed by atoms with Crippen molar-refractivity contribution in [2.45, 2.75) is 0 Å². The van der Waals surface area contributed by atoms with Crippen LogP contribution in [0.4, 0.5) is 0 Å². The van der Waals surface area contributed by atoms with E-state index >= 15 is 0 Å². The molecule has 0 aromatic heterocycles. The summed E-state index contributed by atoms with van der Waals surface area (Å²) in [6, 6.07) is 0. The third-order valence-electron chi connectivity index (χ3n) is 6.56. The molecule has 0 aliphatic rings. The molecule has 18 heteroatoms. The number of aliphatic hydroxyl groups excluding tert-OH is 1. The van der Waals surface area contributed by atoms with Crippen LogP contribution in [0.1, 0.15) is 0 Å². The van der Waals surface area contributed by atoms with Crippen molar-refractivity contribution in [1.82, 2.24) is 32.7 Å². The highest BCUT2D eigenvalue weighted by atomic mass is 31.3. The molecule has 0 saturated heterocycles. The first-order valence-corrected chi connectivity index (χ1v) is 23.7. The molecule has 0 radical (unpaired) electrons. The minimum absolute atomic E-state index is 0.00498. The van der Waals surface area contributed by atoms with E-state index in [0.717, 1.165) is 0 Å². The molecule has 0 rings (SSSR count). The Morgan fingerprint density at radius 3 is 1.20 bits per heavy atom. The summed E-state index contributed by atoms with van der Waals surface area (Å²) in [7, 11) is 15.4. The van der Waals surface area contributed by atoms with E-state index in [9.17, 15) is 5.11 Å².